The van der Waals surface area contributed by atoms with Crippen LogP contribution in [-0.2, 0) is 16.1 Å². The molecule has 220 valence electrons. The minimum absolute atomic E-state index is 0.0912. The predicted octanol–water partition coefficient (Wildman–Crippen LogP) is 7.24. The number of para-hydroxylation sites is 1. The minimum atomic E-state index is -1.07. The first-order valence-electron chi connectivity index (χ1n) is 14.7. The maximum absolute atomic E-state index is 13.0. The van der Waals surface area contributed by atoms with Crippen LogP contribution in [0.25, 0.3) is 0 Å². The van der Waals surface area contributed by atoms with Crippen LogP contribution in [0.1, 0.15) is 53.9 Å². The van der Waals surface area contributed by atoms with Gasteiger partial charge in [0.05, 0.1) is 11.4 Å². The number of amides is 1. The third-order valence-electron chi connectivity index (χ3n) is 7.23. The molecule has 0 aliphatic rings. The minimum Gasteiger partial charge on any atom is -0.480 e. The van der Waals surface area contributed by atoms with Gasteiger partial charge in [-0.3, -0.25) is 9.79 Å². The van der Waals surface area contributed by atoms with Crippen molar-refractivity contribution in [3.63, 3.8) is 0 Å². The Morgan fingerprint density at radius 2 is 1.44 bits per heavy atom. The summed E-state index contributed by atoms with van der Waals surface area (Å²) in [5.74, 6) is -1.52. The molecule has 0 bridgehead atoms. The van der Waals surface area contributed by atoms with Crippen LogP contribution < -0.4 is 10.6 Å². The van der Waals surface area contributed by atoms with E-state index in [2.05, 4.69) is 29.3 Å². The normalized spacial score (nSPS) is 12.7. The maximum Gasteiger partial charge on any atom is 0.329 e. The molecular formula is C37H39N3O3. The molecule has 0 aliphatic carbocycles. The van der Waals surface area contributed by atoms with Gasteiger partial charge in [-0.05, 0) is 43.0 Å². The molecule has 3 N–H and O–H groups in total. The highest BCUT2D eigenvalue weighted by atomic mass is 16.4. The molecule has 0 radical (unpaired) electrons. The van der Waals surface area contributed by atoms with Crippen molar-refractivity contribution >= 4 is 23.3 Å². The Bertz CT molecular complexity index is 1490. The van der Waals surface area contributed by atoms with Crippen molar-refractivity contribution in [2.45, 2.75) is 44.2 Å². The highest BCUT2D eigenvalue weighted by molar-refractivity contribution is 6.17. The van der Waals surface area contributed by atoms with Crippen molar-refractivity contribution in [3.8, 4) is 0 Å². The number of hydrogen-bond acceptors (Lipinski definition) is 4. The first-order chi connectivity index (χ1) is 21.1. The number of benzene rings is 4. The molecule has 0 saturated carbocycles. The van der Waals surface area contributed by atoms with E-state index in [9.17, 15) is 14.7 Å². The predicted molar refractivity (Wildman–Crippen MR) is 175 cm³/mol. The van der Waals surface area contributed by atoms with Gasteiger partial charge in [0.1, 0.15) is 0 Å². The monoisotopic (exact) mass is 573 g/mol. The SMILES string of the molecule is C=CC[C@@H](c1ccccc1)[C@H](N=C(c1ccccc1)c1ccccc1NC(=O)CCCCNCc1ccccc1)C(=O)O. The van der Waals surface area contributed by atoms with E-state index in [4.69, 9.17) is 4.99 Å². The van der Waals surface area contributed by atoms with Crippen molar-refractivity contribution in [2.75, 3.05) is 11.9 Å². The van der Waals surface area contributed by atoms with Crippen LogP contribution >= 0.6 is 0 Å². The first-order valence-corrected chi connectivity index (χ1v) is 14.7. The molecule has 4 rings (SSSR count). The Labute approximate surface area is 254 Å². The first kappa shape index (κ1) is 31.1. The van der Waals surface area contributed by atoms with Crippen LogP contribution in [0.15, 0.2) is 133 Å². The summed E-state index contributed by atoms with van der Waals surface area (Å²) in [7, 11) is 0. The molecule has 0 fully saturated rings. The number of carboxylic acid groups (broad SMARTS) is 1. The zero-order valence-electron chi connectivity index (χ0n) is 24.4. The van der Waals surface area contributed by atoms with Gasteiger partial charge in [-0.2, -0.15) is 0 Å². The van der Waals surface area contributed by atoms with Gasteiger partial charge in [-0.1, -0.05) is 115 Å². The number of unbranched alkanes of at least 4 members (excludes halogenated alkanes) is 1. The second-order valence-corrected chi connectivity index (χ2v) is 10.4. The van der Waals surface area contributed by atoms with E-state index in [1.54, 1.807) is 6.08 Å². The molecular weight excluding hydrogens is 534 g/mol. The van der Waals surface area contributed by atoms with Gasteiger partial charge >= 0.3 is 5.97 Å². The Morgan fingerprint density at radius 3 is 2.12 bits per heavy atom. The van der Waals surface area contributed by atoms with E-state index in [0.29, 0.717) is 29.8 Å². The number of nitrogens with one attached hydrogen (secondary N) is 2. The zero-order chi connectivity index (χ0) is 30.3. The van der Waals surface area contributed by atoms with Crippen LogP contribution in [0.4, 0.5) is 5.69 Å². The van der Waals surface area contributed by atoms with E-state index in [1.807, 2.05) is 103 Å². The third-order valence-corrected chi connectivity index (χ3v) is 7.23. The maximum atomic E-state index is 13.0. The molecule has 0 aliphatic heterocycles. The molecule has 0 unspecified atom stereocenters. The van der Waals surface area contributed by atoms with Crippen molar-refractivity contribution in [2.24, 2.45) is 4.99 Å². The lowest BCUT2D eigenvalue weighted by Crippen LogP contribution is -2.28. The molecule has 0 aromatic heterocycles. The number of carboxylic acids is 1. The molecule has 0 spiro atoms. The number of allylic oxidation sites excluding steroid dienone is 1. The number of aliphatic imine (C=N–C) groups is 1. The average Bonchev–Trinajstić information content (AvgIpc) is 3.04. The lowest BCUT2D eigenvalue weighted by Gasteiger charge is -2.23. The van der Waals surface area contributed by atoms with Gasteiger partial charge < -0.3 is 15.7 Å². The number of carbonyl (C=O) groups excluding carboxylic acids is 1. The Morgan fingerprint density at radius 1 is 0.814 bits per heavy atom. The lowest BCUT2D eigenvalue weighted by molar-refractivity contribution is -0.139. The van der Waals surface area contributed by atoms with Crippen molar-refractivity contribution in [3.05, 3.63) is 150 Å². The molecule has 6 heteroatoms. The lowest BCUT2D eigenvalue weighted by atomic mass is 9.88. The van der Waals surface area contributed by atoms with E-state index in [-0.39, 0.29) is 5.91 Å². The molecule has 6 nitrogen and oxygen atoms in total. The summed E-state index contributed by atoms with van der Waals surface area (Å²) < 4.78 is 0. The fraction of sp³-hybridized carbons (Fsp3) is 0.216. The average molecular weight is 574 g/mol. The summed E-state index contributed by atoms with van der Waals surface area (Å²) in [5.41, 5.74) is 4.66. The molecule has 0 heterocycles. The summed E-state index contributed by atoms with van der Waals surface area (Å²) in [5, 5.41) is 16.9. The summed E-state index contributed by atoms with van der Waals surface area (Å²) in [6.07, 6.45) is 4.19. The Balaban J connectivity index is 1.53. The number of aliphatic carboxylic acids is 1. The molecule has 4 aromatic rings. The number of hydrogen-bond donors (Lipinski definition) is 3. The van der Waals surface area contributed by atoms with Crippen LogP contribution in [0.3, 0.4) is 0 Å². The summed E-state index contributed by atoms with van der Waals surface area (Å²) in [4.78, 5) is 30.6. The standard InChI is InChI=1S/C37H39N3O3/c1-2-16-31(29-19-8-4-9-20-29)36(37(42)43)40-35(30-21-10-5-11-22-30)32-23-12-13-24-33(32)39-34(41)25-14-15-26-38-27-28-17-6-3-7-18-28/h2-13,17-24,31,36,38H,1,14-16,25-27H2,(H,39,41)(H,42,43)/t31-,36-/m0/s1. The van der Waals surface area contributed by atoms with E-state index < -0.39 is 17.9 Å². The topological polar surface area (TPSA) is 90.8 Å². The molecule has 0 saturated heterocycles. The van der Waals surface area contributed by atoms with Gasteiger partial charge in [0.15, 0.2) is 6.04 Å². The van der Waals surface area contributed by atoms with Crippen LogP contribution in [0.2, 0.25) is 0 Å². The fourth-order valence-corrected chi connectivity index (χ4v) is 5.05. The smallest absolute Gasteiger partial charge is 0.329 e. The Hall–Kier alpha value is -4.81. The van der Waals surface area contributed by atoms with E-state index >= 15 is 0 Å². The quantitative estimate of drug-likeness (QED) is 0.0749. The van der Waals surface area contributed by atoms with Gasteiger partial charge in [0.25, 0.3) is 0 Å². The fourth-order valence-electron chi connectivity index (χ4n) is 5.05. The van der Waals surface area contributed by atoms with Gasteiger partial charge in [0, 0.05) is 30.0 Å². The Kier molecular flexibility index (Phi) is 12.0. The number of carbonyl (C=O) groups is 2. The van der Waals surface area contributed by atoms with Crippen LogP contribution in [-0.4, -0.2) is 35.3 Å². The summed E-state index contributed by atoms with van der Waals surface area (Å²) >= 11 is 0. The van der Waals surface area contributed by atoms with Crippen molar-refractivity contribution < 1.29 is 14.7 Å². The summed E-state index contributed by atoms with van der Waals surface area (Å²) in [6, 6.07) is 35.7. The zero-order valence-corrected chi connectivity index (χ0v) is 24.4. The highest BCUT2D eigenvalue weighted by Gasteiger charge is 2.29. The molecule has 1 amide bonds. The second-order valence-electron chi connectivity index (χ2n) is 10.4. The number of nitrogens with zero attached hydrogens (tertiary/aromatic N) is 1. The number of rotatable bonds is 16. The van der Waals surface area contributed by atoms with Crippen LogP contribution in [0.5, 0.6) is 0 Å². The van der Waals surface area contributed by atoms with Gasteiger partial charge in [-0.15, -0.1) is 6.58 Å². The van der Waals surface area contributed by atoms with E-state index in [0.717, 1.165) is 37.1 Å². The second kappa shape index (κ2) is 16.6. The third kappa shape index (κ3) is 9.35. The van der Waals surface area contributed by atoms with Crippen LogP contribution in [0, 0.1) is 0 Å². The van der Waals surface area contributed by atoms with E-state index in [1.165, 1.54) is 5.56 Å². The number of anilines is 1. The molecule has 4 aromatic carbocycles. The summed E-state index contributed by atoms with van der Waals surface area (Å²) in [6.45, 7) is 5.50. The largest absolute Gasteiger partial charge is 0.480 e. The van der Waals surface area contributed by atoms with Gasteiger partial charge in [0.2, 0.25) is 5.91 Å². The molecule has 43 heavy (non-hydrogen) atoms. The molecule has 2 atom stereocenters. The van der Waals surface area contributed by atoms with Gasteiger partial charge in [-0.25, -0.2) is 4.79 Å². The highest BCUT2D eigenvalue weighted by Crippen LogP contribution is 2.29. The van der Waals surface area contributed by atoms with Crippen molar-refractivity contribution in [1.29, 1.82) is 0 Å². The van der Waals surface area contributed by atoms with Crippen molar-refractivity contribution in [1.82, 2.24) is 5.32 Å².